The Kier molecular flexibility index (Phi) is 25.1. The van der Waals surface area contributed by atoms with E-state index in [9.17, 15) is 4.32 Å². The van der Waals surface area contributed by atoms with Crippen LogP contribution in [0.1, 0.15) is 0 Å². The van der Waals surface area contributed by atoms with Gasteiger partial charge in [-0.3, -0.25) is 4.32 Å². The molecule has 0 aromatic rings. The Morgan fingerprint density at radius 3 is 1.17 bits per heavy atom. The molecule has 0 aliphatic rings. The van der Waals surface area contributed by atoms with E-state index in [-0.39, 0.29) is 44.8 Å². The second kappa shape index (κ2) is 9.64. The standard InChI is InChI=1S/2Ag.BFH2O2/c;;2-1(3)4/h;;3-4H. The molecular formula is H2Ag2BFO2. The van der Waals surface area contributed by atoms with E-state index in [1.807, 2.05) is 0 Å². The maximum Gasteiger partial charge on any atom is 0.674 e. The molecule has 0 fully saturated rings. The van der Waals surface area contributed by atoms with Crippen molar-refractivity contribution < 1.29 is 59.1 Å². The molecule has 0 aromatic heterocycles. The van der Waals surface area contributed by atoms with E-state index in [4.69, 9.17) is 10.0 Å². The number of rotatable bonds is 0. The van der Waals surface area contributed by atoms with Gasteiger partial charge in [0.05, 0.1) is 0 Å². The molecule has 0 bridgehead atoms. The van der Waals surface area contributed by atoms with E-state index >= 15 is 0 Å². The summed E-state index contributed by atoms with van der Waals surface area (Å²) in [6.07, 6.45) is 0. The molecule has 0 amide bonds. The number of hydrogen-bond acceptors (Lipinski definition) is 2. The van der Waals surface area contributed by atoms with Gasteiger partial charge in [-0.05, 0) is 0 Å². The quantitative estimate of drug-likeness (QED) is 0.554. The Hall–Kier alpha value is 1.40. The number of hydrogen-bond donors (Lipinski definition) is 2. The smallest absolute Gasteiger partial charge is 0.398 e. The summed E-state index contributed by atoms with van der Waals surface area (Å²) >= 11 is 0. The molecule has 46 valence electrons. The van der Waals surface area contributed by atoms with Crippen LogP contribution >= 0.6 is 0 Å². The van der Waals surface area contributed by atoms with Gasteiger partial charge in [-0.25, -0.2) is 0 Å². The molecule has 0 unspecified atom stereocenters. The van der Waals surface area contributed by atoms with Crippen molar-refractivity contribution in [2.75, 3.05) is 0 Å². The average molecular weight is 280 g/mol. The van der Waals surface area contributed by atoms with Gasteiger partial charge < -0.3 is 10.0 Å². The van der Waals surface area contributed by atoms with Crippen LogP contribution in [0.3, 0.4) is 0 Å². The zero-order valence-corrected chi connectivity index (χ0v) is 5.42. The van der Waals surface area contributed by atoms with Gasteiger partial charge in [-0.2, -0.15) is 0 Å². The summed E-state index contributed by atoms with van der Waals surface area (Å²) < 4.78 is 10.1. The SMILES string of the molecule is OB(O)F.[Ag].[Ag]. The second-order valence-corrected chi connectivity index (χ2v) is 0.311. The molecule has 0 aromatic carbocycles. The van der Waals surface area contributed by atoms with Crippen molar-refractivity contribution in [3.05, 3.63) is 0 Å². The fourth-order valence-electron chi connectivity index (χ4n) is 0. The van der Waals surface area contributed by atoms with Crippen LogP contribution in [0.5, 0.6) is 0 Å². The Bertz CT molecular complexity index is 16.3. The third-order valence-electron chi connectivity index (χ3n) is 0. The van der Waals surface area contributed by atoms with Gasteiger partial charge in [-0.1, -0.05) is 0 Å². The van der Waals surface area contributed by atoms with E-state index in [1.165, 1.54) is 0 Å². The normalized spacial score (nSPS) is 4.50. The molecule has 2 N–H and O–H groups in total. The fourth-order valence-corrected chi connectivity index (χ4v) is 0. The summed E-state index contributed by atoms with van der Waals surface area (Å²) in [4.78, 5) is 0. The Morgan fingerprint density at radius 2 is 1.17 bits per heavy atom. The monoisotopic (exact) mass is 278 g/mol. The van der Waals surface area contributed by atoms with E-state index in [2.05, 4.69) is 0 Å². The molecule has 0 heterocycles. The first-order valence-electron chi connectivity index (χ1n) is 0.735. The van der Waals surface area contributed by atoms with Gasteiger partial charge in [0.25, 0.3) is 0 Å². The fraction of sp³-hybridized carbons (Fsp3) is 0. The zero-order chi connectivity index (χ0) is 3.58. The Morgan fingerprint density at radius 1 is 1.17 bits per heavy atom. The van der Waals surface area contributed by atoms with Crippen molar-refractivity contribution in [2.45, 2.75) is 0 Å². The van der Waals surface area contributed by atoms with E-state index in [1.54, 1.807) is 0 Å². The van der Waals surface area contributed by atoms with Gasteiger partial charge in [0.2, 0.25) is 0 Å². The summed E-state index contributed by atoms with van der Waals surface area (Å²) in [5.74, 6) is 0. The first kappa shape index (κ1) is 15.7. The third-order valence-corrected chi connectivity index (χ3v) is 0. The van der Waals surface area contributed by atoms with Gasteiger partial charge in [0.15, 0.2) is 0 Å². The van der Waals surface area contributed by atoms with Gasteiger partial charge in [-0.15, -0.1) is 0 Å². The van der Waals surface area contributed by atoms with E-state index < -0.39 is 7.40 Å². The topological polar surface area (TPSA) is 40.5 Å². The van der Waals surface area contributed by atoms with Gasteiger partial charge in [0.1, 0.15) is 0 Å². The minimum Gasteiger partial charge on any atom is -0.398 e. The molecule has 0 atom stereocenters. The third kappa shape index (κ3) is 53.5. The summed E-state index contributed by atoms with van der Waals surface area (Å²) in [7, 11) is -2.67. The summed E-state index contributed by atoms with van der Waals surface area (Å²) in [6.45, 7) is 0. The van der Waals surface area contributed by atoms with Crippen molar-refractivity contribution in [1.29, 1.82) is 0 Å². The Balaban J connectivity index is -0.0000000450. The van der Waals surface area contributed by atoms with Gasteiger partial charge >= 0.3 is 7.40 Å². The van der Waals surface area contributed by atoms with Crippen molar-refractivity contribution >= 4 is 7.40 Å². The average Bonchev–Trinajstić information content (AvgIpc) is 0.811. The zero-order valence-electron chi connectivity index (χ0n) is 2.45. The van der Waals surface area contributed by atoms with Gasteiger partial charge in [0, 0.05) is 44.8 Å². The maximum atomic E-state index is 10.1. The van der Waals surface area contributed by atoms with Crippen LogP contribution in [0, 0.1) is 0 Å². The molecule has 0 spiro atoms. The van der Waals surface area contributed by atoms with Crippen LogP contribution in [-0.2, 0) is 44.8 Å². The molecule has 0 rings (SSSR count). The van der Waals surface area contributed by atoms with Crippen molar-refractivity contribution in [3.63, 3.8) is 0 Å². The van der Waals surface area contributed by atoms with Crippen LogP contribution in [0.2, 0.25) is 0 Å². The van der Waals surface area contributed by atoms with Crippen molar-refractivity contribution in [2.24, 2.45) is 0 Å². The molecule has 0 saturated heterocycles. The summed E-state index contributed by atoms with van der Waals surface area (Å²) in [5, 5.41) is 13.9. The van der Waals surface area contributed by atoms with Crippen LogP contribution in [0.15, 0.2) is 0 Å². The predicted octanol–water partition coefficient (Wildman–Crippen LogP) is -1.08. The molecular weight excluding hydrogens is 278 g/mol. The maximum absolute atomic E-state index is 10.1. The molecule has 0 saturated carbocycles. The molecule has 0 aliphatic carbocycles. The largest absolute Gasteiger partial charge is 0.674 e. The molecule has 6 heteroatoms. The van der Waals surface area contributed by atoms with Crippen molar-refractivity contribution in [1.82, 2.24) is 0 Å². The van der Waals surface area contributed by atoms with Crippen LogP contribution < -0.4 is 0 Å². The molecule has 2 radical (unpaired) electrons. The van der Waals surface area contributed by atoms with E-state index in [0.717, 1.165) is 0 Å². The molecule has 0 aliphatic heterocycles. The molecule has 2 nitrogen and oxygen atoms in total. The van der Waals surface area contributed by atoms with Crippen LogP contribution in [0.4, 0.5) is 4.32 Å². The van der Waals surface area contributed by atoms with Crippen LogP contribution in [-0.4, -0.2) is 17.4 Å². The summed E-state index contributed by atoms with van der Waals surface area (Å²) in [5.41, 5.74) is 0. The first-order chi connectivity index (χ1) is 1.73. The predicted molar refractivity (Wildman–Crippen MR) is 11.3 cm³/mol. The van der Waals surface area contributed by atoms with E-state index in [0.29, 0.717) is 0 Å². The minimum absolute atomic E-state index is 0. The Labute approximate surface area is 66.3 Å². The first-order valence-corrected chi connectivity index (χ1v) is 0.735. The van der Waals surface area contributed by atoms with Crippen molar-refractivity contribution in [3.8, 4) is 0 Å². The summed E-state index contributed by atoms with van der Waals surface area (Å²) in [6, 6.07) is 0. The number of halogens is 1. The molecule has 6 heavy (non-hydrogen) atoms. The minimum atomic E-state index is -2.67. The second-order valence-electron chi connectivity index (χ2n) is 0.311. The van der Waals surface area contributed by atoms with Crippen LogP contribution in [0.25, 0.3) is 0 Å².